The van der Waals surface area contributed by atoms with Crippen LogP contribution in [0.4, 0.5) is 0 Å². The smallest absolute Gasteiger partial charge is 0.123 e. The van der Waals surface area contributed by atoms with Crippen LogP contribution in [0.1, 0.15) is 37.4 Å². The van der Waals surface area contributed by atoms with Gasteiger partial charge in [0.2, 0.25) is 0 Å². The average Bonchev–Trinajstić information content (AvgIpc) is 2.53. The molecule has 0 heterocycles. The topological polar surface area (TPSA) is 21.3 Å². The molecule has 2 unspecified atom stereocenters. The van der Waals surface area contributed by atoms with Crippen LogP contribution in [0.2, 0.25) is 0 Å². The van der Waals surface area contributed by atoms with Crippen LogP contribution in [0.5, 0.6) is 5.75 Å². The lowest BCUT2D eigenvalue weighted by atomic mass is 10.0. The molecule has 2 nitrogen and oxygen atoms in total. The van der Waals surface area contributed by atoms with Crippen molar-refractivity contribution >= 4 is 0 Å². The van der Waals surface area contributed by atoms with Gasteiger partial charge >= 0.3 is 0 Å². The van der Waals surface area contributed by atoms with Gasteiger partial charge in [-0.3, -0.25) is 0 Å². The third-order valence-corrected chi connectivity index (χ3v) is 3.85. The Kier molecular flexibility index (Phi) is 5.82. The van der Waals surface area contributed by atoms with Crippen molar-refractivity contribution in [1.82, 2.24) is 5.32 Å². The summed E-state index contributed by atoms with van der Waals surface area (Å²) in [6.45, 7) is 4.44. The highest BCUT2D eigenvalue weighted by atomic mass is 16.5. The van der Waals surface area contributed by atoms with Crippen molar-refractivity contribution in [2.45, 2.75) is 38.8 Å². The summed E-state index contributed by atoms with van der Waals surface area (Å²) in [4.78, 5) is 0. The van der Waals surface area contributed by atoms with E-state index in [4.69, 9.17) is 4.74 Å². The summed E-state index contributed by atoms with van der Waals surface area (Å²) in [5.74, 6) is 0.952. The van der Waals surface area contributed by atoms with E-state index >= 15 is 0 Å². The van der Waals surface area contributed by atoms with Gasteiger partial charge < -0.3 is 10.1 Å². The molecule has 2 heteroatoms. The molecular weight excluding hydrogens is 258 g/mol. The van der Waals surface area contributed by atoms with Gasteiger partial charge in [0.05, 0.1) is 7.11 Å². The molecule has 2 aromatic rings. The number of hydrogen-bond acceptors (Lipinski definition) is 2. The maximum absolute atomic E-state index is 5.44. The van der Waals surface area contributed by atoms with Crippen LogP contribution in [-0.4, -0.2) is 13.2 Å². The summed E-state index contributed by atoms with van der Waals surface area (Å²) in [5.41, 5.74) is 2.61. The molecule has 0 amide bonds. The molecule has 2 rings (SSSR count). The van der Waals surface area contributed by atoms with Gasteiger partial charge in [-0.1, -0.05) is 48.5 Å². The van der Waals surface area contributed by atoms with E-state index in [1.54, 1.807) is 7.11 Å². The Morgan fingerprint density at radius 1 is 0.952 bits per heavy atom. The van der Waals surface area contributed by atoms with Crippen LogP contribution in [0.3, 0.4) is 0 Å². The molecule has 2 atom stereocenters. The van der Waals surface area contributed by atoms with Gasteiger partial charge in [0.25, 0.3) is 0 Å². The van der Waals surface area contributed by atoms with Crippen LogP contribution < -0.4 is 10.1 Å². The standard InChI is InChI=1S/C19H25NO/c1-15(13-14-17-9-5-4-6-10-17)20-16(2)18-11-7-8-12-19(18)21-3/h4-12,15-16,20H,13-14H2,1-3H3. The minimum absolute atomic E-state index is 0.284. The van der Waals surface area contributed by atoms with E-state index in [1.807, 2.05) is 12.1 Å². The van der Waals surface area contributed by atoms with Crippen LogP contribution in [0.15, 0.2) is 54.6 Å². The third kappa shape index (κ3) is 4.61. The molecule has 21 heavy (non-hydrogen) atoms. The Morgan fingerprint density at radius 2 is 1.62 bits per heavy atom. The van der Waals surface area contributed by atoms with Gasteiger partial charge in [0, 0.05) is 17.6 Å². The molecule has 2 aromatic carbocycles. The number of hydrogen-bond donors (Lipinski definition) is 1. The Labute approximate surface area is 128 Å². The second-order valence-corrected chi connectivity index (χ2v) is 5.56. The van der Waals surface area contributed by atoms with E-state index in [0.29, 0.717) is 6.04 Å². The van der Waals surface area contributed by atoms with Crippen LogP contribution >= 0.6 is 0 Å². The Morgan fingerprint density at radius 3 is 2.33 bits per heavy atom. The summed E-state index contributed by atoms with van der Waals surface area (Å²) in [7, 11) is 1.73. The Bertz CT molecular complexity index is 538. The molecule has 0 spiro atoms. The van der Waals surface area contributed by atoms with E-state index in [9.17, 15) is 0 Å². The predicted molar refractivity (Wildman–Crippen MR) is 88.8 cm³/mol. The van der Waals surface area contributed by atoms with Gasteiger partial charge in [-0.15, -0.1) is 0 Å². The minimum atomic E-state index is 0.284. The highest BCUT2D eigenvalue weighted by molar-refractivity contribution is 5.35. The van der Waals surface area contributed by atoms with Crippen LogP contribution in [0, 0.1) is 0 Å². The number of para-hydroxylation sites is 1. The lowest BCUT2D eigenvalue weighted by molar-refractivity contribution is 0.392. The quantitative estimate of drug-likeness (QED) is 0.815. The largest absolute Gasteiger partial charge is 0.496 e. The van der Waals surface area contributed by atoms with Crippen molar-refractivity contribution in [2.75, 3.05) is 7.11 Å². The first-order valence-corrected chi connectivity index (χ1v) is 7.63. The van der Waals surface area contributed by atoms with Crippen molar-refractivity contribution in [2.24, 2.45) is 0 Å². The second-order valence-electron chi connectivity index (χ2n) is 5.56. The summed E-state index contributed by atoms with van der Waals surface area (Å²) in [5, 5.41) is 3.66. The molecular formula is C19H25NO. The van der Waals surface area contributed by atoms with Gasteiger partial charge in [0.1, 0.15) is 5.75 Å². The number of ether oxygens (including phenoxy) is 1. The highest BCUT2D eigenvalue weighted by Gasteiger charge is 2.13. The normalized spacial score (nSPS) is 13.7. The van der Waals surface area contributed by atoms with E-state index < -0.39 is 0 Å². The minimum Gasteiger partial charge on any atom is -0.496 e. The average molecular weight is 283 g/mol. The van der Waals surface area contributed by atoms with Gasteiger partial charge in [0.15, 0.2) is 0 Å². The lowest BCUT2D eigenvalue weighted by Crippen LogP contribution is -2.29. The predicted octanol–water partition coefficient (Wildman–Crippen LogP) is 4.37. The maximum atomic E-state index is 5.44. The highest BCUT2D eigenvalue weighted by Crippen LogP contribution is 2.24. The molecule has 0 saturated heterocycles. The first kappa shape index (κ1) is 15.6. The fraction of sp³-hybridized carbons (Fsp3) is 0.368. The summed E-state index contributed by atoms with van der Waals surface area (Å²) in [6.07, 6.45) is 2.23. The zero-order chi connectivity index (χ0) is 15.1. The molecule has 0 bridgehead atoms. The zero-order valence-electron chi connectivity index (χ0n) is 13.2. The molecule has 0 aromatic heterocycles. The number of benzene rings is 2. The summed E-state index contributed by atoms with van der Waals surface area (Å²) in [6, 6.07) is 19.6. The fourth-order valence-corrected chi connectivity index (χ4v) is 2.65. The number of rotatable bonds is 7. The van der Waals surface area contributed by atoms with E-state index in [-0.39, 0.29) is 6.04 Å². The zero-order valence-corrected chi connectivity index (χ0v) is 13.2. The number of methoxy groups -OCH3 is 1. The Hall–Kier alpha value is -1.80. The Balaban J connectivity index is 1.88. The third-order valence-electron chi connectivity index (χ3n) is 3.85. The molecule has 0 aliphatic heterocycles. The SMILES string of the molecule is COc1ccccc1C(C)NC(C)CCc1ccccc1. The van der Waals surface area contributed by atoms with Crippen LogP contribution in [-0.2, 0) is 6.42 Å². The maximum Gasteiger partial charge on any atom is 0.123 e. The molecule has 0 aliphatic carbocycles. The second kappa shape index (κ2) is 7.84. The van der Waals surface area contributed by atoms with Crippen molar-refractivity contribution in [3.8, 4) is 5.75 Å². The molecule has 112 valence electrons. The van der Waals surface area contributed by atoms with E-state index in [2.05, 4.69) is 61.6 Å². The van der Waals surface area contributed by atoms with Crippen molar-refractivity contribution in [1.29, 1.82) is 0 Å². The number of aryl methyl sites for hydroxylation is 1. The molecule has 0 aliphatic rings. The van der Waals surface area contributed by atoms with Gasteiger partial charge in [-0.05, 0) is 38.3 Å². The monoisotopic (exact) mass is 283 g/mol. The fourth-order valence-electron chi connectivity index (χ4n) is 2.65. The first-order valence-electron chi connectivity index (χ1n) is 7.63. The first-order chi connectivity index (χ1) is 10.2. The van der Waals surface area contributed by atoms with Gasteiger partial charge in [-0.25, -0.2) is 0 Å². The molecule has 0 saturated carbocycles. The van der Waals surface area contributed by atoms with Crippen molar-refractivity contribution in [3.05, 3.63) is 65.7 Å². The summed E-state index contributed by atoms with van der Waals surface area (Å²) < 4.78 is 5.44. The van der Waals surface area contributed by atoms with Crippen LogP contribution in [0.25, 0.3) is 0 Å². The van der Waals surface area contributed by atoms with Gasteiger partial charge in [-0.2, -0.15) is 0 Å². The van der Waals surface area contributed by atoms with Crippen molar-refractivity contribution < 1.29 is 4.74 Å². The molecule has 0 radical (unpaired) electrons. The van der Waals surface area contributed by atoms with E-state index in [1.165, 1.54) is 11.1 Å². The van der Waals surface area contributed by atoms with Crippen molar-refractivity contribution in [3.63, 3.8) is 0 Å². The molecule has 0 fully saturated rings. The number of nitrogens with one attached hydrogen (secondary N) is 1. The van der Waals surface area contributed by atoms with E-state index in [0.717, 1.165) is 18.6 Å². The lowest BCUT2D eigenvalue weighted by Gasteiger charge is -2.22. The molecule has 1 N–H and O–H groups in total. The summed E-state index contributed by atoms with van der Waals surface area (Å²) >= 11 is 0.